The van der Waals surface area contributed by atoms with Gasteiger partial charge >= 0.3 is 0 Å². The molecule has 0 heterocycles. The quantitative estimate of drug-likeness (QED) is 0.837. The molecule has 0 aliphatic heterocycles. The van der Waals surface area contributed by atoms with E-state index in [1.54, 1.807) is 12.1 Å². The molecule has 1 aromatic rings. The predicted molar refractivity (Wildman–Crippen MR) is 69.4 cm³/mol. The molecule has 17 heavy (non-hydrogen) atoms. The predicted octanol–water partition coefficient (Wildman–Crippen LogP) is 3.80. The van der Waals surface area contributed by atoms with Crippen LogP contribution in [0.3, 0.4) is 0 Å². The molecule has 0 spiro atoms. The van der Waals surface area contributed by atoms with Gasteiger partial charge in [0.25, 0.3) is 0 Å². The molecule has 2 heteroatoms. The molecule has 1 aliphatic carbocycles. The lowest BCUT2D eigenvalue weighted by molar-refractivity contribution is 0.342. The lowest BCUT2D eigenvalue weighted by Crippen LogP contribution is -2.24. The molecule has 1 fully saturated rings. The summed E-state index contributed by atoms with van der Waals surface area (Å²) in [7, 11) is 0. The summed E-state index contributed by atoms with van der Waals surface area (Å²) in [6, 6.07) is 5.04. The van der Waals surface area contributed by atoms with Gasteiger partial charge in [0.15, 0.2) is 0 Å². The van der Waals surface area contributed by atoms with Crippen molar-refractivity contribution in [3.8, 4) is 0 Å². The first-order valence-electron chi connectivity index (χ1n) is 6.71. The summed E-state index contributed by atoms with van der Waals surface area (Å²) < 4.78 is 12.9. The van der Waals surface area contributed by atoms with E-state index in [1.807, 2.05) is 13.0 Å². The smallest absolute Gasteiger partial charge is 0.123 e. The summed E-state index contributed by atoms with van der Waals surface area (Å²) in [5.41, 5.74) is 2.25. The number of hydrogen-bond acceptors (Lipinski definition) is 1. The third-order valence-electron chi connectivity index (χ3n) is 3.78. The van der Waals surface area contributed by atoms with Gasteiger partial charge in [0.2, 0.25) is 0 Å². The fourth-order valence-corrected chi connectivity index (χ4v) is 2.66. The molecule has 1 saturated carbocycles. The highest BCUT2D eigenvalue weighted by atomic mass is 19.1. The molecule has 0 unspecified atom stereocenters. The Morgan fingerprint density at radius 2 is 2.00 bits per heavy atom. The van der Waals surface area contributed by atoms with Gasteiger partial charge in [0.05, 0.1) is 0 Å². The molecular formula is C15H22FN. The van der Waals surface area contributed by atoms with E-state index in [2.05, 4.69) is 5.32 Å². The van der Waals surface area contributed by atoms with Crippen LogP contribution >= 0.6 is 0 Å². The normalized spacial score (nSPS) is 17.3. The van der Waals surface area contributed by atoms with Crippen LogP contribution in [-0.4, -0.2) is 6.54 Å². The zero-order valence-corrected chi connectivity index (χ0v) is 10.6. The summed E-state index contributed by atoms with van der Waals surface area (Å²) in [5, 5.41) is 3.51. The van der Waals surface area contributed by atoms with Crippen LogP contribution < -0.4 is 5.32 Å². The Hall–Kier alpha value is -0.890. The summed E-state index contributed by atoms with van der Waals surface area (Å²) in [5.74, 6) is 0.711. The first-order valence-corrected chi connectivity index (χ1v) is 6.71. The number of aryl methyl sites for hydroxylation is 1. The molecule has 1 N–H and O–H groups in total. The maximum absolute atomic E-state index is 12.9. The number of benzene rings is 1. The summed E-state index contributed by atoms with van der Waals surface area (Å²) >= 11 is 0. The largest absolute Gasteiger partial charge is 0.312 e. The van der Waals surface area contributed by atoms with Crippen LogP contribution in [0.2, 0.25) is 0 Å². The van der Waals surface area contributed by atoms with Crippen molar-refractivity contribution in [1.82, 2.24) is 5.32 Å². The van der Waals surface area contributed by atoms with Crippen molar-refractivity contribution >= 4 is 0 Å². The maximum Gasteiger partial charge on any atom is 0.123 e. The monoisotopic (exact) mass is 235 g/mol. The molecule has 94 valence electrons. The fraction of sp³-hybridized carbons (Fsp3) is 0.600. The van der Waals surface area contributed by atoms with Gasteiger partial charge in [0, 0.05) is 6.54 Å². The van der Waals surface area contributed by atoms with Gasteiger partial charge in [-0.15, -0.1) is 0 Å². The van der Waals surface area contributed by atoms with E-state index in [1.165, 1.54) is 37.7 Å². The van der Waals surface area contributed by atoms with Crippen molar-refractivity contribution < 1.29 is 4.39 Å². The van der Waals surface area contributed by atoms with Crippen LogP contribution in [0.1, 0.15) is 43.2 Å². The summed E-state index contributed by atoms with van der Waals surface area (Å²) in [6.07, 6.45) is 6.93. The van der Waals surface area contributed by atoms with Gasteiger partial charge < -0.3 is 5.32 Å². The Bertz CT molecular complexity index is 356. The van der Waals surface area contributed by atoms with E-state index in [4.69, 9.17) is 0 Å². The first kappa shape index (κ1) is 12.6. The van der Waals surface area contributed by atoms with E-state index in [0.29, 0.717) is 0 Å². The Morgan fingerprint density at radius 1 is 1.24 bits per heavy atom. The van der Waals surface area contributed by atoms with E-state index >= 15 is 0 Å². The van der Waals surface area contributed by atoms with E-state index in [0.717, 1.165) is 24.6 Å². The standard InChI is InChI=1S/C15H22FN/c1-12-9-15(16)8-7-14(12)11-17-10-13-5-3-2-4-6-13/h7-9,13,17H,2-6,10-11H2,1H3. The minimum atomic E-state index is -0.140. The first-order chi connectivity index (χ1) is 8.25. The minimum absolute atomic E-state index is 0.140. The second kappa shape index (κ2) is 6.15. The Labute approximate surface area is 103 Å². The summed E-state index contributed by atoms with van der Waals surface area (Å²) in [6.45, 7) is 3.94. The number of rotatable bonds is 4. The molecule has 1 aliphatic rings. The zero-order valence-electron chi connectivity index (χ0n) is 10.6. The number of nitrogens with one attached hydrogen (secondary N) is 1. The molecule has 0 saturated heterocycles. The number of hydrogen-bond donors (Lipinski definition) is 1. The van der Waals surface area contributed by atoms with Gasteiger partial charge in [-0.1, -0.05) is 25.3 Å². The van der Waals surface area contributed by atoms with Crippen molar-refractivity contribution in [1.29, 1.82) is 0 Å². The lowest BCUT2D eigenvalue weighted by Gasteiger charge is -2.22. The second-order valence-corrected chi connectivity index (χ2v) is 5.21. The second-order valence-electron chi connectivity index (χ2n) is 5.21. The van der Waals surface area contributed by atoms with E-state index < -0.39 is 0 Å². The topological polar surface area (TPSA) is 12.0 Å². The van der Waals surface area contributed by atoms with Crippen LogP contribution in [0.4, 0.5) is 4.39 Å². The van der Waals surface area contributed by atoms with Crippen LogP contribution in [0.15, 0.2) is 18.2 Å². The van der Waals surface area contributed by atoms with E-state index in [-0.39, 0.29) is 5.82 Å². The molecule has 0 bridgehead atoms. The average molecular weight is 235 g/mol. The van der Waals surface area contributed by atoms with Crippen molar-refractivity contribution in [2.75, 3.05) is 6.54 Å². The van der Waals surface area contributed by atoms with Crippen molar-refractivity contribution in [3.63, 3.8) is 0 Å². The van der Waals surface area contributed by atoms with Crippen LogP contribution in [0, 0.1) is 18.7 Å². The van der Waals surface area contributed by atoms with Crippen LogP contribution in [0.25, 0.3) is 0 Å². The van der Waals surface area contributed by atoms with Crippen LogP contribution in [0.5, 0.6) is 0 Å². The van der Waals surface area contributed by atoms with Gasteiger partial charge in [-0.05, 0) is 55.5 Å². The van der Waals surface area contributed by atoms with Crippen LogP contribution in [-0.2, 0) is 6.54 Å². The van der Waals surface area contributed by atoms with Crippen molar-refractivity contribution in [3.05, 3.63) is 35.1 Å². The molecule has 2 rings (SSSR count). The average Bonchev–Trinajstić information content (AvgIpc) is 2.33. The molecule has 1 nitrogen and oxygen atoms in total. The third kappa shape index (κ3) is 3.81. The van der Waals surface area contributed by atoms with Gasteiger partial charge in [-0.3, -0.25) is 0 Å². The Balaban J connectivity index is 1.77. The van der Waals surface area contributed by atoms with Crippen molar-refractivity contribution in [2.24, 2.45) is 5.92 Å². The third-order valence-corrected chi connectivity index (χ3v) is 3.78. The molecule has 0 atom stereocenters. The minimum Gasteiger partial charge on any atom is -0.312 e. The number of halogens is 1. The maximum atomic E-state index is 12.9. The fourth-order valence-electron chi connectivity index (χ4n) is 2.66. The lowest BCUT2D eigenvalue weighted by atomic mass is 9.89. The molecule has 0 aromatic heterocycles. The SMILES string of the molecule is Cc1cc(F)ccc1CNCC1CCCCC1. The summed E-state index contributed by atoms with van der Waals surface area (Å²) in [4.78, 5) is 0. The van der Waals surface area contributed by atoms with Crippen molar-refractivity contribution in [2.45, 2.75) is 45.6 Å². The molecule has 0 radical (unpaired) electrons. The molecule has 0 amide bonds. The zero-order chi connectivity index (χ0) is 12.1. The Morgan fingerprint density at radius 3 is 2.71 bits per heavy atom. The van der Waals surface area contributed by atoms with Gasteiger partial charge in [-0.2, -0.15) is 0 Å². The van der Waals surface area contributed by atoms with Gasteiger partial charge in [-0.25, -0.2) is 4.39 Å². The van der Waals surface area contributed by atoms with E-state index in [9.17, 15) is 4.39 Å². The Kier molecular flexibility index (Phi) is 4.55. The highest BCUT2D eigenvalue weighted by Crippen LogP contribution is 2.22. The molecule has 1 aromatic carbocycles. The highest BCUT2D eigenvalue weighted by molar-refractivity contribution is 5.26. The highest BCUT2D eigenvalue weighted by Gasteiger charge is 2.12. The van der Waals surface area contributed by atoms with Gasteiger partial charge in [0.1, 0.15) is 5.82 Å². The molecular weight excluding hydrogens is 213 g/mol.